The fourth-order valence-electron chi connectivity index (χ4n) is 2.73. The first-order valence-corrected chi connectivity index (χ1v) is 7.78. The highest BCUT2D eigenvalue weighted by molar-refractivity contribution is 5.86. The van der Waals surface area contributed by atoms with Gasteiger partial charge in [-0.05, 0) is 36.6 Å². The Morgan fingerprint density at radius 2 is 1.48 bits per heavy atom. The molecule has 3 atom stereocenters. The van der Waals surface area contributed by atoms with Crippen LogP contribution in [0.15, 0.2) is 18.2 Å². The molecule has 1 fully saturated rings. The number of aliphatic hydroxyl groups excluding tert-OH is 1. The van der Waals surface area contributed by atoms with Crippen molar-refractivity contribution >= 4 is 11.9 Å². The average Bonchev–Trinajstić information content (AvgIpc) is 2.48. The molecule has 0 saturated heterocycles. The number of carbonyl (C=O) groups is 2. The van der Waals surface area contributed by atoms with Crippen molar-refractivity contribution in [3.05, 3.63) is 34.9 Å². The standard InChI is InChI=1S/C16H15F6NO4/c17-15(18,19)8-3-7(4-9(5-8)16(20,21)22)12(24)6-23-13(25)10-1-2-11(10)14(26)27/h3-5,10-12,24H,1-2,6H2,(H,23,25)(H,26,27)/t10-,11+,12?/m1/s1. The molecule has 5 nitrogen and oxygen atoms in total. The second-order valence-corrected chi connectivity index (χ2v) is 6.23. The van der Waals surface area contributed by atoms with E-state index in [1.165, 1.54) is 0 Å². The van der Waals surface area contributed by atoms with E-state index < -0.39 is 65.4 Å². The molecule has 1 aromatic carbocycles. The van der Waals surface area contributed by atoms with Crippen LogP contribution in [0.25, 0.3) is 0 Å². The monoisotopic (exact) mass is 399 g/mol. The molecular formula is C16H15F6NO4. The Morgan fingerprint density at radius 3 is 1.85 bits per heavy atom. The molecule has 1 unspecified atom stereocenters. The van der Waals surface area contributed by atoms with Gasteiger partial charge in [0.1, 0.15) is 0 Å². The minimum absolute atomic E-state index is 0.0688. The first-order chi connectivity index (χ1) is 12.3. The lowest BCUT2D eigenvalue weighted by Crippen LogP contribution is -2.45. The van der Waals surface area contributed by atoms with Gasteiger partial charge in [0.05, 0.1) is 29.1 Å². The Hall–Kier alpha value is -2.30. The van der Waals surface area contributed by atoms with Gasteiger partial charge in [0, 0.05) is 6.54 Å². The predicted octanol–water partition coefficient (Wildman–Crippen LogP) is 2.98. The number of rotatable bonds is 5. The zero-order valence-corrected chi connectivity index (χ0v) is 13.6. The molecule has 0 heterocycles. The number of hydrogen-bond donors (Lipinski definition) is 3. The average molecular weight is 399 g/mol. The van der Waals surface area contributed by atoms with Gasteiger partial charge in [0.2, 0.25) is 5.91 Å². The normalized spacial score (nSPS) is 21.3. The highest BCUT2D eigenvalue weighted by Gasteiger charge is 2.41. The summed E-state index contributed by atoms with van der Waals surface area (Å²) >= 11 is 0. The summed E-state index contributed by atoms with van der Waals surface area (Å²) in [6.07, 6.45) is -11.4. The number of alkyl halides is 6. The molecule has 1 aromatic rings. The minimum atomic E-state index is -5.06. The SMILES string of the molecule is O=C(O)[C@H]1CC[C@H]1C(=O)NCC(O)c1cc(C(F)(F)F)cc(C(F)(F)F)c1. The summed E-state index contributed by atoms with van der Waals surface area (Å²) in [6.45, 7) is -0.652. The Bertz CT molecular complexity index is 698. The van der Waals surface area contributed by atoms with Crippen molar-refractivity contribution in [3.8, 4) is 0 Å². The van der Waals surface area contributed by atoms with Crippen molar-refractivity contribution in [2.45, 2.75) is 31.3 Å². The molecule has 0 radical (unpaired) electrons. The number of carboxylic acids is 1. The number of benzene rings is 1. The molecule has 2 rings (SSSR count). The maximum Gasteiger partial charge on any atom is 0.416 e. The van der Waals surface area contributed by atoms with E-state index in [0.717, 1.165) is 0 Å². The summed E-state index contributed by atoms with van der Waals surface area (Å²) in [5.41, 5.74) is -3.83. The van der Waals surface area contributed by atoms with Crippen LogP contribution < -0.4 is 5.32 Å². The molecule has 1 aliphatic rings. The number of hydrogen-bond acceptors (Lipinski definition) is 3. The van der Waals surface area contributed by atoms with E-state index in [2.05, 4.69) is 5.32 Å². The first-order valence-electron chi connectivity index (χ1n) is 7.78. The van der Waals surface area contributed by atoms with E-state index in [4.69, 9.17) is 5.11 Å². The smallest absolute Gasteiger partial charge is 0.416 e. The van der Waals surface area contributed by atoms with Crippen LogP contribution in [0.5, 0.6) is 0 Å². The molecule has 150 valence electrons. The number of amides is 1. The molecule has 1 aliphatic carbocycles. The van der Waals surface area contributed by atoms with E-state index in [-0.39, 0.29) is 6.07 Å². The van der Waals surface area contributed by atoms with Crippen LogP contribution in [-0.4, -0.2) is 28.6 Å². The zero-order valence-electron chi connectivity index (χ0n) is 13.6. The van der Waals surface area contributed by atoms with Gasteiger partial charge >= 0.3 is 18.3 Å². The summed E-state index contributed by atoms with van der Waals surface area (Å²) in [4.78, 5) is 22.8. The predicted molar refractivity (Wildman–Crippen MR) is 78.3 cm³/mol. The maximum atomic E-state index is 12.8. The van der Waals surface area contributed by atoms with Gasteiger partial charge in [-0.2, -0.15) is 26.3 Å². The van der Waals surface area contributed by atoms with Crippen molar-refractivity contribution in [2.24, 2.45) is 11.8 Å². The van der Waals surface area contributed by atoms with E-state index in [9.17, 15) is 41.0 Å². The number of carbonyl (C=O) groups excluding carboxylic acids is 1. The molecule has 0 spiro atoms. The third kappa shape index (κ3) is 4.90. The highest BCUT2D eigenvalue weighted by atomic mass is 19.4. The van der Waals surface area contributed by atoms with E-state index in [1.54, 1.807) is 0 Å². The van der Waals surface area contributed by atoms with Crippen molar-refractivity contribution < 1.29 is 46.1 Å². The van der Waals surface area contributed by atoms with Crippen LogP contribution in [0.2, 0.25) is 0 Å². The molecule has 0 aromatic heterocycles. The molecule has 3 N–H and O–H groups in total. The molecule has 27 heavy (non-hydrogen) atoms. The number of nitrogens with one attached hydrogen (secondary N) is 1. The van der Waals surface area contributed by atoms with Gasteiger partial charge in [0.25, 0.3) is 0 Å². The van der Waals surface area contributed by atoms with E-state index in [0.29, 0.717) is 25.0 Å². The molecule has 1 saturated carbocycles. The molecule has 0 aliphatic heterocycles. The summed E-state index contributed by atoms with van der Waals surface area (Å²) < 4.78 is 76.9. The molecule has 11 heteroatoms. The van der Waals surface area contributed by atoms with Gasteiger partial charge < -0.3 is 15.5 Å². The van der Waals surface area contributed by atoms with Crippen molar-refractivity contribution in [2.75, 3.05) is 6.54 Å². The summed E-state index contributed by atoms with van der Waals surface area (Å²) in [5.74, 6) is -3.64. The second-order valence-electron chi connectivity index (χ2n) is 6.23. The Labute approximate surface area is 149 Å². The lowest BCUT2D eigenvalue weighted by Gasteiger charge is -2.32. The van der Waals surface area contributed by atoms with Crippen molar-refractivity contribution in [3.63, 3.8) is 0 Å². The van der Waals surface area contributed by atoms with Gasteiger partial charge in [-0.1, -0.05) is 0 Å². The maximum absolute atomic E-state index is 12.8. The molecule has 1 amide bonds. The Balaban J connectivity index is 2.14. The van der Waals surface area contributed by atoms with Crippen molar-refractivity contribution in [1.29, 1.82) is 0 Å². The summed E-state index contributed by atoms with van der Waals surface area (Å²) in [7, 11) is 0. The van der Waals surface area contributed by atoms with E-state index >= 15 is 0 Å². The highest BCUT2D eigenvalue weighted by Crippen LogP contribution is 2.38. The lowest BCUT2D eigenvalue weighted by atomic mass is 9.73. The second kappa shape index (κ2) is 7.37. The molecular weight excluding hydrogens is 384 g/mol. The minimum Gasteiger partial charge on any atom is -0.481 e. The van der Waals surface area contributed by atoms with Gasteiger partial charge in [-0.25, -0.2) is 0 Å². The Morgan fingerprint density at radius 1 is 1.00 bits per heavy atom. The van der Waals surface area contributed by atoms with Gasteiger partial charge in [-0.3, -0.25) is 9.59 Å². The van der Waals surface area contributed by atoms with Crippen LogP contribution in [0, 0.1) is 11.8 Å². The number of aliphatic carboxylic acids is 1. The third-order valence-electron chi connectivity index (χ3n) is 4.39. The largest absolute Gasteiger partial charge is 0.481 e. The zero-order chi connectivity index (χ0) is 20.6. The number of aliphatic hydroxyl groups is 1. The topological polar surface area (TPSA) is 86.6 Å². The Kier molecular flexibility index (Phi) is 5.74. The quantitative estimate of drug-likeness (QED) is 0.665. The summed E-state index contributed by atoms with van der Waals surface area (Å²) in [5, 5.41) is 21.0. The lowest BCUT2D eigenvalue weighted by molar-refractivity contribution is -0.152. The third-order valence-corrected chi connectivity index (χ3v) is 4.39. The van der Waals surface area contributed by atoms with Crippen molar-refractivity contribution in [1.82, 2.24) is 5.32 Å². The van der Waals surface area contributed by atoms with Crippen LogP contribution in [-0.2, 0) is 21.9 Å². The fourth-order valence-corrected chi connectivity index (χ4v) is 2.73. The number of halogens is 6. The van der Waals surface area contributed by atoms with Crippen LogP contribution in [0.3, 0.4) is 0 Å². The summed E-state index contributed by atoms with van der Waals surface area (Å²) in [6, 6.07) is 0.672. The first kappa shape index (κ1) is 21.0. The van der Waals surface area contributed by atoms with Gasteiger partial charge in [0.15, 0.2) is 0 Å². The van der Waals surface area contributed by atoms with E-state index in [1.807, 2.05) is 0 Å². The van der Waals surface area contributed by atoms with Crippen LogP contribution in [0.1, 0.15) is 35.6 Å². The molecule has 0 bridgehead atoms. The number of carboxylic acid groups (broad SMARTS) is 1. The van der Waals surface area contributed by atoms with Crippen LogP contribution in [0.4, 0.5) is 26.3 Å². The van der Waals surface area contributed by atoms with Gasteiger partial charge in [-0.15, -0.1) is 0 Å². The van der Waals surface area contributed by atoms with Crippen LogP contribution >= 0.6 is 0 Å². The fraction of sp³-hybridized carbons (Fsp3) is 0.500.